The van der Waals surface area contributed by atoms with E-state index in [9.17, 15) is 4.79 Å². The summed E-state index contributed by atoms with van der Waals surface area (Å²) in [5.41, 5.74) is 3.54. The summed E-state index contributed by atoms with van der Waals surface area (Å²) in [6, 6.07) is 9.33. The van der Waals surface area contributed by atoms with Crippen molar-refractivity contribution in [2.75, 3.05) is 38.0 Å². The largest absolute Gasteiger partial charge is 0.355 e. The van der Waals surface area contributed by atoms with Crippen LogP contribution in [0.3, 0.4) is 0 Å². The number of hydrogen-bond acceptors (Lipinski definition) is 5. The second-order valence-electron chi connectivity index (χ2n) is 7.34. The van der Waals surface area contributed by atoms with Gasteiger partial charge in [-0.2, -0.15) is 0 Å². The lowest BCUT2D eigenvalue weighted by atomic mass is 10.1. The third kappa shape index (κ3) is 3.95. The number of anilines is 1. The van der Waals surface area contributed by atoms with Crippen LogP contribution >= 0.6 is 0 Å². The first-order chi connectivity index (χ1) is 13.2. The van der Waals surface area contributed by atoms with E-state index in [1.54, 1.807) is 12.4 Å². The second kappa shape index (κ2) is 8.05. The molecule has 1 aliphatic carbocycles. The maximum absolute atomic E-state index is 12.8. The maximum Gasteiger partial charge on any atom is 0.257 e. The van der Waals surface area contributed by atoms with E-state index in [-0.39, 0.29) is 5.91 Å². The smallest absolute Gasteiger partial charge is 0.257 e. The standard InChI is InChI=1S/C21H27N5O/c1-2-22-21-23-14-18(15-24-21)20(27)26-9-5-8-25(10-11-26)19-12-16-6-3-4-7-17(16)13-19/h3-4,6-7,14-15,19H,2,5,8-13H2,1H3,(H,22,23,24). The van der Waals surface area contributed by atoms with Gasteiger partial charge in [-0.15, -0.1) is 0 Å². The summed E-state index contributed by atoms with van der Waals surface area (Å²) in [6.45, 7) is 6.30. The van der Waals surface area contributed by atoms with Crippen molar-refractivity contribution in [1.29, 1.82) is 0 Å². The SMILES string of the molecule is CCNc1ncc(C(=O)N2CCCN(C3Cc4ccccc4C3)CC2)cn1. The topological polar surface area (TPSA) is 61.4 Å². The lowest BCUT2D eigenvalue weighted by molar-refractivity contribution is 0.0757. The van der Waals surface area contributed by atoms with Gasteiger partial charge in [0.25, 0.3) is 5.91 Å². The van der Waals surface area contributed by atoms with Gasteiger partial charge in [-0.25, -0.2) is 9.97 Å². The second-order valence-corrected chi connectivity index (χ2v) is 7.34. The molecule has 1 fully saturated rings. The van der Waals surface area contributed by atoms with Gasteiger partial charge < -0.3 is 10.2 Å². The Morgan fingerprint density at radius 2 is 1.78 bits per heavy atom. The lowest BCUT2D eigenvalue weighted by Crippen LogP contribution is -2.40. The molecule has 1 N–H and O–H groups in total. The molecule has 0 saturated carbocycles. The molecule has 4 rings (SSSR count). The summed E-state index contributed by atoms with van der Waals surface area (Å²) in [5.74, 6) is 0.603. The average Bonchev–Trinajstić information content (AvgIpc) is 2.98. The summed E-state index contributed by atoms with van der Waals surface area (Å²) in [4.78, 5) is 25.8. The zero-order chi connectivity index (χ0) is 18.6. The molecule has 27 heavy (non-hydrogen) atoms. The van der Waals surface area contributed by atoms with Crippen LogP contribution in [-0.2, 0) is 12.8 Å². The van der Waals surface area contributed by atoms with Gasteiger partial charge in [0.15, 0.2) is 0 Å². The highest BCUT2D eigenvalue weighted by atomic mass is 16.2. The van der Waals surface area contributed by atoms with Crippen molar-refractivity contribution in [2.45, 2.75) is 32.2 Å². The molecule has 0 radical (unpaired) electrons. The molecule has 0 spiro atoms. The quantitative estimate of drug-likeness (QED) is 0.900. The molecule has 2 aromatic rings. The maximum atomic E-state index is 12.8. The molecular formula is C21H27N5O. The first-order valence-electron chi connectivity index (χ1n) is 9.90. The molecule has 1 aliphatic heterocycles. The van der Waals surface area contributed by atoms with Gasteiger partial charge in [0.2, 0.25) is 5.95 Å². The van der Waals surface area contributed by atoms with Crippen LogP contribution in [0, 0.1) is 0 Å². The number of benzene rings is 1. The van der Waals surface area contributed by atoms with Gasteiger partial charge in [0.1, 0.15) is 0 Å². The molecule has 1 aromatic carbocycles. The van der Waals surface area contributed by atoms with Crippen molar-refractivity contribution >= 4 is 11.9 Å². The summed E-state index contributed by atoms with van der Waals surface area (Å²) in [5, 5.41) is 3.05. The van der Waals surface area contributed by atoms with Crippen molar-refractivity contribution in [1.82, 2.24) is 19.8 Å². The van der Waals surface area contributed by atoms with Gasteiger partial charge in [0, 0.05) is 51.2 Å². The van der Waals surface area contributed by atoms with Crippen LogP contribution < -0.4 is 5.32 Å². The van der Waals surface area contributed by atoms with Crippen LogP contribution in [0.4, 0.5) is 5.95 Å². The van der Waals surface area contributed by atoms with Crippen molar-refractivity contribution in [3.63, 3.8) is 0 Å². The minimum atomic E-state index is 0.0367. The molecule has 6 heteroatoms. The number of rotatable bonds is 4. The fourth-order valence-electron chi connectivity index (χ4n) is 4.17. The number of nitrogens with zero attached hydrogens (tertiary/aromatic N) is 4. The fraction of sp³-hybridized carbons (Fsp3) is 0.476. The van der Waals surface area contributed by atoms with E-state index < -0.39 is 0 Å². The molecule has 0 atom stereocenters. The van der Waals surface area contributed by atoms with E-state index in [1.807, 2.05) is 11.8 Å². The molecule has 0 unspecified atom stereocenters. The fourth-order valence-corrected chi connectivity index (χ4v) is 4.17. The highest BCUT2D eigenvalue weighted by Gasteiger charge is 2.29. The zero-order valence-electron chi connectivity index (χ0n) is 15.9. The molecule has 142 valence electrons. The molecule has 0 bridgehead atoms. The van der Waals surface area contributed by atoms with E-state index in [0.29, 0.717) is 17.6 Å². The Bertz CT molecular complexity index is 766. The van der Waals surface area contributed by atoms with Gasteiger partial charge in [-0.1, -0.05) is 24.3 Å². The lowest BCUT2D eigenvalue weighted by Gasteiger charge is -2.27. The molecule has 2 aliphatic rings. The Labute approximate surface area is 160 Å². The number of carbonyl (C=O) groups is 1. The molecule has 1 saturated heterocycles. The molecule has 1 amide bonds. The minimum Gasteiger partial charge on any atom is -0.355 e. The van der Waals surface area contributed by atoms with Crippen molar-refractivity contribution in [3.8, 4) is 0 Å². The predicted octanol–water partition coefficient (Wildman–Crippen LogP) is 2.22. The average molecular weight is 365 g/mol. The summed E-state index contributed by atoms with van der Waals surface area (Å²) in [7, 11) is 0. The van der Waals surface area contributed by atoms with Gasteiger partial charge in [-0.3, -0.25) is 9.69 Å². The molecule has 1 aromatic heterocycles. The zero-order valence-corrected chi connectivity index (χ0v) is 15.9. The highest BCUT2D eigenvalue weighted by molar-refractivity contribution is 5.93. The van der Waals surface area contributed by atoms with Crippen LogP contribution in [0.15, 0.2) is 36.7 Å². The first kappa shape index (κ1) is 17.9. The van der Waals surface area contributed by atoms with E-state index in [2.05, 4.69) is 44.5 Å². The Kier molecular flexibility index (Phi) is 5.34. The van der Waals surface area contributed by atoms with Crippen LogP contribution in [0.25, 0.3) is 0 Å². The normalized spacial score (nSPS) is 18.2. The van der Waals surface area contributed by atoms with Crippen LogP contribution in [-0.4, -0.2) is 64.4 Å². The monoisotopic (exact) mass is 365 g/mol. The Balaban J connectivity index is 1.36. The molecular weight excluding hydrogens is 338 g/mol. The van der Waals surface area contributed by atoms with Gasteiger partial charge in [-0.05, 0) is 37.3 Å². The Morgan fingerprint density at radius 1 is 1.07 bits per heavy atom. The van der Waals surface area contributed by atoms with E-state index in [4.69, 9.17) is 0 Å². The predicted molar refractivity (Wildman–Crippen MR) is 106 cm³/mol. The van der Waals surface area contributed by atoms with Crippen molar-refractivity contribution in [3.05, 3.63) is 53.3 Å². The number of carbonyl (C=O) groups excluding carboxylic acids is 1. The molecule has 6 nitrogen and oxygen atoms in total. The summed E-state index contributed by atoms with van der Waals surface area (Å²) >= 11 is 0. The number of amides is 1. The highest BCUT2D eigenvalue weighted by Crippen LogP contribution is 2.26. The van der Waals surface area contributed by atoms with Crippen LogP contribution in [0.1, 0.15) is 34.8 Å². The molecule has 2 heterocycles. The first-order valence-corrected chi connectivity index (χ1v) is 9.90. The van der Waals surface area contributed by atoms with Crippen LogP contribution in [0.2, 0.25) is 0 Å². The van der Waals surface area contributed by atoms with E-state index >= 15 is 0 Å². The van der Waals surface area contributed by atoms with E-state index in [0.717, 1.165) is 52.0 Å². The minimum absolute atomic E-state index is 0.0367. The number of aromatic nitrogens is 2. The number of nitrogens with one attached hydrogen (secondary N) is 1. The Morgan fingerprint density at radius 3 is 2.44 bits per heavy atom. The summed E-state index contributed by atoms with van der Waals surface area (Å²) < 4.78 is 0. The van der Waals surface area contributed by atoms with E-state index in [1.165, 1.54) is 11.1 Å². The number of fused-ring (bicyclic) bond motifs is 1. The third-order valence-corrected chi connectivity index (χ3v) is 5.60. The summed E-state index contributed by atoms with van der Waals surface area (Å²) in [6.07, 6.45) is 6.52. The van der Waals surface area contributed by atoms with Gasteiger partial charge in [0.05, 0.1) is 5.56 Å². The van der Waals surface area contributed by atoms with Crippen molar-refractivity contribution < 1.29 is 4.79 Å². The number of hydrogen-bond donors (Lipinski definition) is 1. The van der Waals surface area contributed by atoms with Gasteiger partial charge >= 0.3 is 0 Å². The third-order valence-electron chi connectivity index (χ3n) is 5.60. The van der Waals surface area contributed by atoms with Crippen LogP contribution in [0.5, 0.6) is 0 Å². The van der Waals surface area contributed by atoms with Crippen molar-refractivity contribution in [2.24, 2.45) is 0 Å². The Hall–Kier alpha value is -2.47.